The summed E-state index contributed by atoms with van der Waals surface area (Å²) in [7, 11) is 5.21. The molecule has 0 radical (unpaired) electrons. The number of rotatable bonds is 6. The second kappa shape index (κ2) is 7.84. The van der Waals surface area contributed by atoms with Gasteiger partial charge < -0.3 is 14.6 Å². The Morgan fingerprint density at radius 1 is 1.18 bits per heavy atom. The number of hydrogen-bond donors (Lipinski definition) is 1. The summed E-state index contributed by atoms with van der Waals surface area (Å²) in [6, 6.07) is 10.8. The van der Waals surface area contributed by atoms with Gasteiger partial charge in [-0.25, -0.2) is 4.98 Å². The van der Waals surface area contributed by atoms with E-state index in [0.29, 0.717) is 34.1 Å². The highest BCUT2D eigenvalue weighted by atomic mass is 16.3. The number of carbonyl (C=O) groups is 2. The van der Waals surface area contributed by atoms with Crippen LogP contribution in [0.25, 0.3) is 11.0 Å². The number of phenolic OH excluding ortho intramolecular Hbond substituents is 1. The molecule has 0 saturated carbocycles. The third-order valence-corrected chi connectivity index (χ3v) is 5.00. The van der Waals surface area contributed by atoms with Gasteiger partial charge in [0, 0.05) is 50.7 Å². The Hall–Kier alpha value is -3.15. The van der Waals surface area contributed by atoms with Crippen LogP contribution >= 0.6 is 0 Å². The molecule has 0 aliphatic carbocycles. The van der Waals surface area contributed by atoms with Crippen LogP contribution < -0.4 is 0 Å². The zero-order chi connectivity index (χ0) is 20.4. The summed E-state index contributed by atoms with van der Waals surface area (Å²) >= 11 is 0. The Labute approximate surface area is 164 Å². The number of ketones is 1. The van der Waals surface area contributed by atoms with Crippen molar-refractivity contribution < 1.29 is 14.7 Å². The molecule has 0 bridgehead atoms. The van der Waals surface area contributed by atoms with Crippen LogP contribution in [-0.2, 0) is 19.9 Å². The molecule has 6 nitrogen and oxygen atoms in total. The lowest BCUT2D eigenvalue weighted by molar-refractivity contribution is 0.0825. The Balaban J connectivity index is 2.06. The van der Waals surface area contributed by atoms with E-state index in [9.17, 15) is 14.7 Å². The third kappa shape index (κ3) is 3.50. The van der Waals surface area contributed by atoms with Gasteiger partial charge in [-0.2, -0.15) is 0 Å². The maximum atomic E-state index is 12.8. The number of aromatic nitrogens is 2. The molecule has 0 unspecified atom stereocenters. The highest BCUT2D eigenvalue weighted by Gasteiger charge is 2.23. The van der Waals surface area contributed by atoms with E-state index in [0.717, 1.165) is 5.82 Å². The first-order chi connectivity index (χ1) is 13.3. The molecule has 0 fully saturated rings. The lowest BCUT2D eigenvalue weighted by atomic mass is 9.96. The summed E-state index contributed by atoms with van der Waals surface area (Å²) in [5, 5.41) is 10.9. The van der Waals surface area contributed by atoms with Gasteiger partial charge in [-0.15, -0.1) is 0 Å². The van der Waals surface area contributed by atoms with Gasteiger partial charge in [-0.1, -0.05) is 37.3 Å². The number of phenols is 1. The molecule has 2 aromatic carbocycles. The van der Waals surface area contributed by atoms with Crippen LogP contribution in [0.2, 0.25) is 0 Å². The topological polar surface area (TPSA) is 75.4 Å². The predicted octanol–water partition coefficient (Wildman–Crippen LogP) is 3.36. The molecule has 0 aliphatic rings. The maximum absolute atomic E-state index is 12.8. The number of nitrogens with zero attached hydrogens (tertiary/aromatic N) is 3. The third-order valence-electron chi connectivity index (χ3n) is 5.00. The average Bonchev–Trinajstić information content (AvgIpc) is 3.03. The van der Waals surface area contributed by atoms with Crippen molar-refractivity contribution >= 4 is 22.7 Å². The summed E-state index contributed by atoms with van der Waals surface area (Å²) in [4.78, 5) is 31.3. The zero-order valence-electron chi connectivity index (χ0n) is 16.7. The summed E-state index contributed by atoms with van der Waals surface area (Å²) in [5.74, 6) is 0.571. The highest BCUT2D eigenvalue weighted by Crippen LogP contribution is 2.33. The van der Waals surface area contributed by atoms with Gasteiger partial charge in [-0.3, -0.25) is 9.59 Å². The number of hydrogen-bond acceptors (Lipinski definition) is 4. The van der Waals surface area contributed by atoms with Crippen molar-refractivity contribution in [2.75, 3.05) is 14.1 Å². The fraction of sp³-hybridized carbons (Fsp3) is 0.318. The lowest BCUT2D eigenvalue weighted by Gasteiger charge is -2.16. The normalized spacial score (nSPS) is 11.0. The molecule has 0 atom stereocenters. The molecular weight excluding hydrogens is 354 g/mol. The van der Waals surface area contributed by atoms with Gasteiger partial charge in [0.15, 0.2) is 5.78 Å². The van der Waals surface area contributed by atoms with Gasteiger partial charge in [0.25, 0.3) is 5.91 Å². The molecule has 3 aromatic rings. The van der Waals surface area contributed by atoms with Crippen molar-refractivity contribution in [3.63, 3.8) is 0 Å². The molecule has 6 heteroatoms. The Bertz CT molecular complexity index is 1040. The van der Waals surface area contributed by atoms with E-state index < -0.39 is 0 Å². The largest absolute Gasteiger partial charge is 0.505 e. The molecule has 3 rings (SSSR count). The molecular formula is C22H25N3O3. The van der Waals surface area contributed by atoms with Crippen molar-refractivity contribution in [3.05, 3.63) is 58.9 Å². The first-order valence-electron chi connectivity index (χ1n) is 9.35. The number of benzene rings is 2. The SMILES string of the molecule is CCc1nc2c(O)c(CCC(=O)c3ccccc3)c(C(=O)N(C)C)cc2n1C. The number of aryl methyl sites for hydroxylation is 2. The molecule has 1 heterocycles. The minimum absolute atomic E-state index is 0.0149. The smallest absolute Gasteiger partial charge is 0.253 e. The van der Waals surface area contributed by atoms with Gasteiger partial charge >= 0.3 is 0 Å². The van der Waals surface area contributed by atoms with Gasteiger partial charge in [0.2, 0.25) is 0 Å². The number of aromatic hydroxyl groups is 1. The van der Waals surface area contributed by atoms with Crippen molar-refractivity contribution in [1.82, 2.24) is 14.5 Å². The summed E-state index contributed by atoms with van der Waals surface area (Å²) < 4.78 is 1.89. The molecule has 0 saturated heterocycles. The lowest BCUT2D eigenvalue weighted by Crippen LogP contribution is -2.23. The van der Waals surface area contributed by atoms with E-state index in [-0.39, 0.29) is 30.3 Å². The number of amides is 1. The first-order valence-corrected chi connectivity index (χ1v) is 9.35. The van der Waals surface area contributed by atoms with Crippen molar-refractivity contribution in [1.29, 1.82) is 0 Å². The maximum Gasteiger partial charge on any atom is 0.253 e. The fourth-order valence-electron chi connectivity index (χ4n) is 3.40. The molecule has 1 amide bonds. The van der Waals surface area contributed by atoms with E-state index >= 15 is 0 Å². The van der Waals surface area contributed by atoms with Crippen LogP contribution in [0.15, 0.2) is 36.4 Å². The molecule has 1 aromatic heterocycles. The molecule has 28 heavy (non-hydrogen) atoms. The Morgan fingerprint density at radius 2 is 1.86 bits per heavy atom. The second-order valence-corrected chi connectivity index (χ2v) is 7.05. The number of Topliss-reactive ketones (excluding diaryl/α,β-unsaturated/α-hetero) is 1. The van der Waals surface area contributed by atoms with Gasteiger partial charge in [0.1, 0.15) is 17.1 Å². The van der Waals surface area contributed by atoms with Gasteiger partial charge in [0.05, 0.1) is 5.52 Å². The van der Waals surface area contributed by atoms with E-state index in [1.807, 2.05) is 36.7 Å². The second-order valence-electron chi connectivity index (χ2n) is 7.05. The predicted molar refractivity (Wildman–Crippen MR) is 109 cm³/mol. The Morgan fingerprint density at radius 3 is 2.46 bits per heavy atom. The van der Waals surface area contributed by atoms with E-state index in [1.54, 1.807) is 32.3 Å². The van der Waals surface area contributed by atoms with E-state index in [1.165, 1.54) is 4.90 Å². The highest BCUT2D eigenvalue weighted by molar-refractivity contribution is 6.02. The van der Waals surface area contributed by atoms with Crippen LogP contribution in [0, 0.1) is 0 Å². The van der Waals surface area contributed by atoms with Crippen molar-refractivity contribution in [3.8, 4) is 5.75 Å². The van der Waals surface area contributed by atoms with Crippen LogP contribution in [0.4, 0.5) is 0 Å². The van der Waals surface area contributed by atoms with Crippen LogP contribution in [0.5, 0.6) is 5.75 Å². The monoisotopic (exact) mass is 379 g/mol. The van der Waals surface area contributed by atoms with Crippen LogP contribution in [0.3, 0.4) is 0 Å². The molecule has 146 valence electrons. The van der Waals surface area contributed by atoms with Crippen molar-refractivity contribution in [2.24, 2.45) is 7.05 Å². The standard InChI is InChI=1S/C22H25N3O3/c1-5-19-23-20-17(25(19)4)13-16(22(28)24(2)3)15(21(20)27)11-12-18(26)14-9-7-6-8-10-14/h6-10,13,27H,5,11-12H2,1-4H3. The van der Waals surface area contributed by atoms with Crippen LogP contribution in [0.1, 0.15) is 45.4 Å². The minimum Gasteiger partial charge on any atom is -0.505 e. The number of fused-ring (bicyclic) bond motifs is 1. The summed E-state index contributed by atoms with van der Waals surface area (Å²) in [6.45, 7) is 1.99. The number of imidazole rings is 1. The molecule has 0 aliphatic heterocycles. The fourth-order valence-corrected chi connectivity index (χ4v) is 3.40. The average molecular weight is 379 g/mol. The van der Waals surface area contributed by atoms with Crippen molar-refractivity contribution in [2.45, 2.75) is 26.2 Å². The first kappa shape index (κ1) is 19.6. The van der Waals surface area contributed by atoms with E-state index in [2.05, 4.69) is 4.98 Å². The number of carbonyl (C=O) groups excluding carboxylic acids is 2. The summed E-state index contributed by atoms with van der Waals surface area (Å²) in [5.41, 5.74) is 2.67. The molecule has 1 N–H and O–H groups in total. The zero-order valence-corrected chi connectivity index (χ0v) is 16.7. The summed E-state index contributed by atoms with van der Waals surface area (Å²) in [6.07, 6.45) is 1.18. The quantitative estimate of drug-likeness (QED) is 0.667. The van der Waals surface area contributed by atoms with E-state index in [4.69, 9.17) is 0 Å². The van der Waals surface area contributed by atoms with Crippen LogP contribution in [-0.4, -0.2) is 45.3 Å². The minimum atomic E-state index is -0.210. The Kier molecular flexibility index (Phi) is 5.49. The molecule has 0 spiro atoms. The van der Waals surface area contributed by atoms with Gasteiger partial charge in [-0.05, 0) is 12.5 Å².